The van der Waals surface area contributed by atoms with Crippen molar-refractivity contribution >= 4 is 23.2 Å². The summed E-state index contributed by atoms with van der Waals surface area (Å²) >= 11 is 11.6. The van der Waals surface area contributed by atoms with E-state index >= 15 is 0 Å². The number of rotatable bonds is 4. The number of allylic oxidation sites excluding steroid dienone is 4. The van der Waals surface area contributed by atoms with E-state index in [1.165, 1.54) is 0 Å². The zero-order chi connectivity index (χ0) is 8.69. The van der Waals surface area contributed by atoms with Gasteiger partial charge < -0.3 is 0 Å². The molecule has 0 aromatic rings. The number of hydrogen-bond donors (Lipinski definition) is 0. The molecule has 11 heavy (non-hydrogen) atoms. The van der Waals surface area contributed by atoms with Gasteiger partial charge in [-0.25, -0.2) is 0 Å². The molecule has 0 bridgehead atoms. The van der Waals surface area contributed by atoms with E-state index in [1.54, 1.807) is 0 Å². The van der Waals surface area contributed by atoms with Crippen LogP contribution in [0.1, 0.15) is 13.8 Å². The van der Waals surface area contributed by atoms with Crippen molar-refractivity contribution in [3.8, 4) is 0 Å². The summed E-state index contributed by atoms with van der Waals surface area (Å²) in [6.45, 7) is 4.00. The fourth-order valence-corrected chi connectivity index (χ4v) is 1.01. The Kier molecular flexibility index (Phi) is 6.79. The van der Waals surface area contributed by atoms with Crippen LogP contribution in [0.4, 0.5) is 0 Å². The van der Waals surface area contributed by atoms with E-state index in [9.17, 15) is 0 Å². The maximum atomic E-state index is 5.96. The van der Waals surface area contributed by atoms with Gasteiger partial charge in [-0.15, -0.1) is 23.2 Å². The van der Waals surface area contributed by atoms with Gasteiger partial charge in [0.2, 0.25) is 0 Å². The largest absolute Gasteiger partial charge is 0.126 e. The van der Waals surface area contributed by atoms with E-state index in [-0.39, 0.29) is 5.38 Å². The molecule has 0 aliphatic rings. The summed E-state index contributed by atoms with van der Waals surface area (Å²) in [7, 11) is 0. The van der Waals surface area contributed by atoms with Crippen LogP contribution >= 0.6 is 23.2 Å². The average molecular weight is 193 g/mol. The maximum Gasteiger partial charge on any atom is 0.0555 e. The highest BCUT2D eigenvalue weighted by atomic mass is 35.5. The van der Waals surface area contributed by atoms with E-state index in [2.05, 4.69) is 0 Å². The third-order valence-electron chi connectivity index (χ3n) is 1.39. The molecular weight excluding hydrogens is 179 g/mol. The molecule has 0 nitrogen and oxygen atoms in total. The van der Waals surface area contributed by atoms with Crippen LogP contribution in [0.3, 0.4) is 0 Å². The summed E-state index contributed by atoms with van der Waals surface area (Å²) in [6.07, 6.45) is 7.82. The van der Waals surface area contributed by atoms with Crippen LogP contribution < -0.4 is 0 Å². The highest BCUT2D eigenvalue weighted by Gasteiger charge is 2.08. The van der Waals surface area contributed by atoms with Crippen LogP contribution in [0.2, 0.25) is 0 Å². The van der Waals surface area contributed by atoms with Gasteiger partial charge in [-0.3, -0.25) is 0 Å². The van der Waals surface area contributed by atoms with Gasteiger partial charge in [-0.2, -0.15) is 0 Å². The fourth-order valence-electron chi connectivity index (χ4n) is 0.556. The standard InChI is InChI=1S/C9H14Cl2/c1-3-4-5-6-9(11)8(2)7-10/h3-6,8-9H,7H2,1-2H3/b4-3-,6-5?. The Morgan fingerprint density at radius 3 is 2.45 bits per heavy atom. The zero-order valence-electron chi connectivity index (χ0n) is 6.93. The van der Waals surface area contributed by atoms with E-state index in [1.807, 2.05) is 38.2 Å². The summed E-state index contributed by atoms with van der Waals surface area (Å²) in [6, 6.07) is 0. The highest BCUT2D eigenvalue weighted by Crippen LogP contribution is 2.13. The first kappa shape index (κ1) is 11.1. The number of alkyl halides is 2. The van der Waals surface area contributed by atoms with Gasteiger partial charge in [0.05, 0.1) is 5.38 Å². The highest BCUT2D eigenvalue weighted by molar-refractivity contribution is 6.23. The van der Waals surface area contributed by atoms with E-state index < -0.39 is 0 Å². The minimum atomic E-state index is 0.0451. The van der Waals surface area contributed by atoms with Gasteiger partial charge in [0, 0.05) is 5.88 Å². The lowest BCUT2D eigenvalue weighted by Crippen LogP contribution is -2.09. The van der Waals surface area contributed by atoms with Gasteiger partial charge in [0.1, 0.15) is 0 Å². The van der Waals surface area contributed by atoms with Crippen molar-refractivity contribution in [3.05, 3.63) is 24.3 Å². The molecule has 0 fully saturated rings. The monoisotopic (exact) mass is 192 g/mol. The molecule has 0 heterocycles. The van der Waals surface area contributed by atoms with Crippen molar-refractivity contribution in [3.63, 3.8) is 0 Å². The molecule has 0 aliphatic heterocycles. The van der Waals surface area contributed by atoms with Crippen LogP contribution in [-0.2, 0) is 0 Å². The smallest absolute Gasteiger partial charge is 0.0555 e. The van der Waals surface area contributed by atoms with Gasteiger partial charge >= 0.3 is 0 Å². The topological polar surface area (TPSA) is 0 Å². The second-order valence-electron chi connectivity index (χ2n) is 2.49. The molecular formula is C9H14Cl2. The molecule has 0 N–H and O–H groups in total. The van der Waals surface area contributed by atoms with Gasteiger partial charge in [-0.05, 0) is 12.8 Å². The third-order valence-corrected chi connectivity index (χ3v) is 2.45. The molecule has 0 spiro atoms. The second kappa shape index (κ2) is 6.75. The lowest BCUT2D eigenvalue weighted by atomic mass is 10.1. The van der Waals surface area contributed by atoms with Crippen LogP contribution in [0.5, 0.6) is 0 Å². The Morgan fingerprint density at radius 2 is 2.00 bits per heavy atom. The molecule has 0 radical (unpaired) electrons. The first-order valence-electron chi connectivity index (χ1n) is 3.72. The molecule has 0 aliphatic carbocycles. The molecule has 2 unspecified atom stereocenters. The SMILES string of the molecule is C/C=C\C=CC(Cl)C(C)CCl. The molecule has 0 aromatic carbocycles. The van der Waals surface area contributed by atoms with E-state index in [0.717, 1.165) is 0 Å². The minimum Gasteiger partial charge on any atom is -0.126 e. The molecule has 0 amide bonds. The Hall–Kier alpha value is 0.0600. The molecule has 0 rings (SSSR count). The van der Waals surface area contributed by atoms with E-state index in [0.29, 0.717) is 11.8 Å². The van der Waals surface area contributed by atoms with Crippen LogP contribution in [-0.4, -0.2) is 11.3 Å². The first-order valence-corrected chi connectivity index (χ1v) is 4.69. The van der Waals surface area contributed by atoms with Gasteiger partial charge in [0.25, 0.3) is 0 Å². The number of halogens is 2. The Morgan fingerprint density at radius 1 is 1.36 bits per heavy atom. The van der Waals surface area contributed by atoms with Crippen molar-refractivity contribution in [2.24, 2.45) is 5.92 Å². The zero-order valence-corrected chi connectivity index (χ0v) is 8.44. The van der Waals surface area contributed by atoms with Crippen molar-refractivity contribution in [1.29, 1.82) is 0 Å². The predicted molar refractivity (Wildman–Crippen MR) is 53.5 cm³/mol. The Labute approximate surface area is 78.9 Å². The summed E-state index contributed by atoms with van der Waals surface area (Å²) < 4.78 is 0. The van der Waals surface area contributed by atoms with Crippen LogP contribution in [0, 0.1) is 5.92 Å². The van der Waals surface area contributed by atoms with Crippen LogP contribution in [0.25, 0.3) is 0 Å². The second-order valence-corrected chi connectivity index (χ2v) is 3.30. The molecule has 0 saturated carbocycles. The minimum absolute atomic E-state index is 0.0451. The molecule has 2 heteroatoms. The number of hydrogen-bond acceptors (Lipinski definition) is 0. The summed E-state index contributed by atoms with van der Waals surface area (Å²) in [5.74, 6) is 0.939. The predicted octanol–water partition coefficient (Wildman–Crippen LogP) is 3.60. The van der Waals surface area contributed by atoms with Crippen molar-refractivity contribution in [2.75, 3.05) is 5.88 Å². The summed E-state index contributed by atoms with van der Waals surface area (Å²) in [4.78, 5) is 0. The van der Waals surface area contributed by atoms with E-state index in [4.69, 9.17) is 23.2 Å². The Bertz CT molecular complexity index is 138. The molecule has 64 valence electrons. The van der Waals surface area contributed by atoms with Crippen LogP contribution in [0.15, 0.2) is 24.3 Å². The Balaban J connectivity index is 3.75. The lowest BCUT2D eigenvalue weighted by Gasteiger charge is -2.09. The van der Waals surface area contributed by atoms with Crippen molar-refractivity contribution in [1.82, 2.24) is 0 Å². The quantitative estimate of drug-likeness (QED) is 0.472. The molecule has 0 saturated heterocycles. The lowest BCUT2D eigenvalue weighted by molar-refractivity contribution is 0.679. The first-order chi connectivity index (χ1) is 5.22. The normalized spacial score (nSPS) is 17.8. The van der Waals surface area contributed by atoms with Crippen molar-refractivity contribution in [2.45, 2.75) is 19.2 Å². The average Bonchev–Trinajstić information content (AvgIpc) is 2.03. The maximum absolute atomic E-state index is 5.96. The molecule has 0 aromatic heterocycles. The van der Waals surface area contributed by atoms with Gasteiger partial charge in [0.15, 0.2) is 0 Å². The summed E-state index contributed by atoms with van der Waals surface area (Å²) in [5, 5.41) is 0.0451. The molecule has 2 atom stereocenters. The third kappa shape index (κ3) is 5.34. The van der Waals surface area contributed by atoms with Crippen molar-refractivity contribution < 1.29 is 0 Å². The fraction of sp³-hybridized carbons (Fsp3) is 0.556. The summed E-state index contributed by atoms with van der Waals surface area (Å²) in [5.41, 5.74) is 0. The van der Waals surface area contributed by atoms with Gasteiger partial charge in [-0.1, -0.05) is 31.2 Å².